The summed E-state index contributed by atoms with van der Waals surface area (Å²) in [6.45, 7) is 5.40. The molecule has 2 saturated heterocycles. The number of urea groups is 1. The number of rotatable bonds is 3. The van der Waals surface area contributed by atoms with Crippen molar-refractivity contribution < 1.29 is 4.79 Å². The largest absolute Gasteiger partial charge is 0.371 e. The van der Waals surface area contributed by atoms with E-state index in [0.29, 0.717) is 0 Å². The minimum atomic E-state index is 0.00174. The fourth-order valence-corrected chi connectivity index (χ4v) is 5.19. The summed E-state index contributed by atoms with van der Waals surface area (Å²) in [5, 5.41) is 3.11. The van der Waals surface area contributed by atoms with Crippen molar-refractivity contribution in [1.29, 1.82) is 0 Å². The number of carbonyl (C=O) groups excluding carboxylic acids is 1. The molecular weight excluding hydrogens is 348 g/mol. The summed E-state index contributed by atoms with van der Waals surface area (Å²) in [7, 11) is 0. The topological polar surface area (TPSA) is 48.5 Å². The van der Waals surface area contributed by atoms with E-state index in [1.807, 2.05) is 29.4 Å². The van der Waals surface area contributed by atoms with Crippen LogP contribution in [0.25, 0.3) is 0 Å². The highest BCUT2D eigenvalue weighted by atomic mass is 16.2. The molecule has 1 aromatic carbocycles. The quantitative estimate of drug-likeness (QED) is 0.846. The Balaban J connectivity index is 1.27. The lowest BCUT2D eigenvalue weighted by molar-refractivity contribution is -0.0970. The van der Waals surface area contributed by atoms with Crippen molar-refractivity contribution in [3.05, 3.63) is 54.4 Å². The molecule has 5 rings (SSSR count). The van der Waals surface area contributed by atoms with Crippen LogP contribution in [-0.4, -0.2) is 35.5 Å². The molecule has 1 N–H and O–H groups in total. The number of nitrogens with zero attached hydrogens (tertiary/aromatic N) is 3. The molecular formula is C23H28N4O. The van der Waals surface area contributed by atoms with E-state index in [-0.39, 0.29) is 17.5 Å². The summed E-state index contributed by atoms with van der Waals surface area (Å²) in [5.41, 5.74) is 3.60. The number of amides is 2. The number of hydrogen-bond donors (Lipinski definition) is 1. The zero-order valence-corrected chi connectivity index (χ0v) is 16.5. The van der Waals surface area contributed by atoms with Crippen LogP contribution in [0.4, 0.5) is 16.2 Å². The molecule has 2 amide bonds. The molecule has 3 heterocycles. The lowest BCUT2D eigenvalue weighted by Crippen LogP contribution is -2.64. The molecule has 0 radical (unpaired) electrons. The van der Waals surface area contributed by atoms with Crippen molar-refractivity contribution in [2.24, 2.45) is 11.3 Å². The second-order valence-electron chi connectivity index (χ2n) is 8.84. The first-order chi connectivity index (χ1) is 13.6. The molecule has 3 fully saturated rings. The smallest absolute Gasteiger partial charge is 0.322 e. The fourth-order valence-electron chi connectivity index (χ4n) is 5.19. The molecule has 28 heavy (non-hydrogen) atoms. The summed E-state index contributed by atoms with van der Waals surface area (Å²) < 4.78 is 0. The van der Waals surface area contributed by atoms with Crippen molar-refractivity contribution in [1.82, 2.24) is 9.88 Å². The molecule has 2 aliphatic heterocycles. The Kier molecular flexibility index (Phi) is 4.26. The van der Waals surface area contributed by atoms with Crippen LogP contribution in [0.5, 0.6) is 0 Å². The minimum absolute atomic E-state index is 0.00174. The summed E-state index contributed by atoms with van der Waals surface area (Å²) in [6.07, 6.45) is 8.61. The zero-order chi connectivity index (χ0) is 19.1. The van der Waals surface area contributed by atoms with E-state index in [1.165, 1.54) is 36.9 Å². The Morgan fingerprint density at radius 3 is 2.50 bits per heavy atom. The first-order valence-corrected chi connectivity index (χ1v) is 10.5. The predicted molar refractivity (Wildman–Crippen MR) is 111 cm³/mol. The van der Waals surface area contributed by atoms with Gasteiger partial charge in [-0.05, 0) is 67.1 Å². The van der Waals surface area contributed by atoms with Crippen LogP contribution in [0.2, 0.25) is 0 Å². The molecule has 1 saturated carbocycles. The summed E-state index contributed by atoms with van der Waals surface area (Å²) >= 11 is 0. The van der Waals surface area contributed by atoms with Gasteiger partial charge in [0.05, 0.1) is 6.04 Å². The number of benzene rings is 1. The Morgan fingerprint density at radius 2 is 1.89 bits per heavy atom. The zero-order valence-electron chi connectivity index (χ0n) is 16.5. The maximum absolute atomic E-state index is 13.0. The second kappa shape index (κ2) is 6.80. The van der Waals surface area contributed by atoms with Crippen molar-refractivity contribution in [2.75, 3.05) is 29.9 Å². The third kappa shape index (κ3) is 2.93. The maximum Gasteiger partial charge on any atom is 0.322 e. The summed E-state index contributed by atoms with van der Waals surface area (Å²) in [5.74, 6) is 0.759. The SMILES string of the molecule is CC1CCN(c2ccc(NC(=O)N3CC4(CCC4)C3c3ccncc3)cc2)C1. The summed E-state index contributed by atoms with van der Waals surface area (Å²) in [6, 6.07) is 12.6. The van der Waals surface area contributed by atoms with Gasteiger partial charge in [-0.1, -0.05) is 13.3 Å². The van der Waals surface area contributed by atoms with E-state index >= 15 is 0 Å². The number of hydrogen-bond acceptors (Lipinski definition) is 3. The van der Waals surface area contributed by atoms with Crippen LogP contribution in [-0.2, 0) is 0 Å². The monoisotopic (exact) mass is 376 g/mol. The van der Waals surface area contributed by atoms with Gasteiger partial charge in [0.2, 0.25) is 0 Å². The molecule has 5 nitrogen and oxygen atoms in total. The van der Waals surface area contributed by atoms with Crippen LogP contribution < -0.4 is 10.2 Å². The molecule has 146 valence electrons. The molecule has 2 aromatic rings. The number of likely N-dealkylation sites (tertiary alicyclic amines) is 1. The van der Waals surface area contributed by atoms with Gasteiger partial charge in [-0.25, -0.2) is 4.79 Å². The van der Waals surface area contributed by atoms with Crippen molar-refractivity contribution >= 4 is 17.4 Å². The fraction of sp³-hybridized carbons (Fsp3) is 0.478. The van der Waals surface area contributed by atoms with E-state index < -0.39 is 0 Å². The number of carbonyl (C=O) groups is 1. The Labute approximate surface area is 166 Å². The van der Waals surface area contributed by atoms with Crippen LogP contribution in [0.15, 0.2) is 48.8 Å². The van der Waals surface area contributed by atoms with Crippen molar-refractivity contribution in [3.8, 4) is 0 Å². The van der Waals surface area contributed by atoms with E-state index in [2.05, 4.69) is 46.4 Å². The van der Waals surface area contributed by atoms with E-state index in [9.17, 15) is 4.79 Å². The molecule has 1 aromatic heterocycles. The van der Waals surface area contributed by atoms with Crippen molar-refractivity contribution in [2.45, 2.75) is 38.6 Å². The van der Waals surface area contributed by atoms with Gasteiger partial charge in [-0.15, -0.1) is 0 Å². The second-order valence-corrected chi connectivity index (χ2v) is 8.84. The van der Waals surface area contributed by atoms with Crippen LogP contribution >= 0.6 is 0 Å². The highest BCUT2D eigenvalue weighted by Crippen LogP contribution is 2.60. The molecule has 2 unspecified atom stereocenters. The Morgan fingerprint density at radius 1 is 1.14 bits per heavy atom. The van der Waals surface area contributed by atoms with Gasteiger partial charge in [0.25, 0.3) is 0 Å². The average Bonchev–Trinajstić information content (AvgIpc) is 3.08. The maximum atomic E-state index is 13.0. The highest BCUT2D eigenvalue weighted by Gasteiger charge is 2.57. The van der Waals surface area contributed by atoms with Gasteiger partial charge < -0.3 is 15.1 Å². The summed E-state index contributed by atoms with van der Waals surface area (Å²) in [4.78, 5) is 21.5. The van der Waals surface area contributed by atoms with Gasteiger partial charge in [-0.3, -0.25) is 4.98 Å². The standard InChI is InChI=1S/C23H28N4O/c1-17-9-14-26(15-17)20-5-3-19(4-6-20)25-22(28)27-16-23(10-2-11-23)21(27)18-7-12-24-13-8-18/h3-8,12-13,17,21H,2,9-11,14-16H2,1H3,(H,25,28). The third-order valence-corrected chi connectivity index (χ3v) is 6.92. The van der Waals surface area contributed by atoms with Gasteiger partial charge in [-0.2, -0.15) is 0 Å². The molecule has 2 atom stereocenters. The van der Waals surface area contributed by atoms with Crippen molar-refractivity contribution in [3.63, 3.8) is 0 Å². The molecule has 0 bridgehead atoms. The molecule has 1 aliphatic carbocycles. The molecule has 1 spiro atoms. The first kappa shape index (κ1) is 17.5. The van der Waals surface area contributed by atoms with Crippen LogP contribution in [0.1, 0.15) is 44.2 Å². The number of nitrogens with one attached hydrogen (secondary N) is 1. The van der Waals surface area contributed by atoms with Gasteiger partial charge in [0.1, 0.15) is 0 Å². The van der Waals surface area contributed by atoms with E-state index in [4.69, 9.17) is 0 Å². The Hall–Kier alpha value is -2.56. The molecule has 5 heteroatoms. The number of anilines is 2. The van der Waals surface area contributed by atoms with Crippen LogP contribution in [0, 0.1) is 11.3 Å². The Bertz CT molecular complexity index is 847. The van der Waals surface area contributed by atoms with Crippen LogP contribution in [0.3, 0.4) is 0 Å². The van der Waals surface area contributed by atoms with Gasteiger partial charge in [0, 0.05) is 48.8 Å². The highest BCUT2D eigenvalue weighted by molar-refractivity contribution is 5.90. The van der Waals surface area contributed by atoms with Gasteiger partial charge >= 0.3 is 6.03 Å². The normalized spacial score (nSPS) is 25.3. The first-order valence-electron chi connectivity index (χ1n) is 10.5. The van der Waals surface area contributed by atoms with Gasteiger partial charge in [0.15, 0.2) is 0 Å². The third-order valence-electron chi connectivity index (χ3n) is 6.92. The molecule has 3 aliphatic rings. The minimum Gasteiger partial charge on any atom is -0.371 e. The predicted octanol–water partition coefficient (Wildman–Crippen LogP) is 4.69. The number of aromatic nitrogens is 1. The number of pyridine rings is 1. The average molecular weight is 377 g/mol. The van der Waals surface area contributed by atoms with E-state index in [1.54, 1.807) is 0 Å². The lowest BCUT2D eigenvalue weighted by atomic mass is 9.56. The lowest BCUT2D eigenvalue weighted by Gasteiger charge is -2.62. The van der Waals surface area contributed by atoms with E-state index in [0.717, 1.165) is 31.2 Å².